The Balaban J connectivity index is 1.79. The number of hydrogen-bond acceptors (Lipinski definition) is 6. The largest absolute Gasteiger partial charge is 0.505 e. The van der Waals surface area contributed by atoms with Crippen molar-refractivity contribution in [3.05, 3.63) is 76.6 Å². The molecule has 0 bridgehead atoms. The van der Waals surface area contributed by atoms with Crippen LogP contribution in [0.25, 0.3) is 10.9 Å². The molecule has 0 aliphatic rings. The van der Waals surface area contributed by atoms with Crippen molar-refractivity contribution in [3.63, 3.8) is 0 Å². The van der Waals surface area contributed by atoms with Crippen LogP contribution in [0.3, 0.4) is 0 Å². The first-order chi connectivity index (χ1) is 13.7. The molecular weight excluding hydrogens is 372 g/mol. The van der Waals surface area contributed by atoms with E-state index in [4.69, 9.17) is 9.47 Å². The van der Waals surface area contributed by atoms with Crippen molar-refractivity contribution < 1.29 is 14.6 Å². The predicted molar refractivity (Wildman–Crippen MR) is 113 cm³/mol. The monoisotopic (exact) mass is 392 g/mol. The second kappa shape index (κ2) is 7.78. The SMILES string of the molecule is COc1ccc(NC(c2cccs2)c2ccc3cccnc3c2O)cc1OC. The molecule has 0 radical (unpaired) electrons. The molecule has 0 aliphatic heterocycles. The van der Waals surface area contributed by atoms with Gasteiger partial charge in [0, 0.05) is 33.8 Å². The van der Waals surface area contributed by atoms with E-state index in [-0.39, 0.29) is 11.8 Å². The van der Waals surface area contributed by atoms with Crippen LogP contribution in [-0.4, -0.2) is 24.3 Å². The number of ether oxygens (including phenoxy) is 2. The highest BCUT2D eigenvalue weighted by atomic mass is 32.1. The molecule has 0 fully saturated rings. The summed E-state index contributed by atoms with van der Waals surface area (Å²) in [6.45, 7) is 0. The van der Waals surface area contributed by atoms with E-state index in [2.05, 4.69) is 10.3 Å². The molecule has 5 nitrogen and oxygen atoms in total. The molecule has 4 rings (SSSR count). The zero-order chi connectivity index (χ0) is 19.5. The Kier molecular flexibility index (Phi) is 5.04. The fourth-order valence-electron chi connectivity index (χ4n) is 3.23. The fourth-order valence-corrected chi connectivity index (χ4v) is 4.02. The maximum atomic E-state index is 10.9. The van der Waals surface area contributed by atoms with E-state index in [1.54, 1.807) is 31.8 Å². The number of phenols is 1. The third-order valence-corrected chi connectivity index (χ3v) is 5.55. The van der Waals surface area contributed by atoms with Gasteiger partial charge >= 0.3 is 0 Å². The smallest absolute Gasteiger partial charge is 0.162 e. The molecule has 2 aromatic heterocycles. The molecule has 2 aromatic carbocycles. The molecular formula is C22H20N2O3S. The topological polar surface area (TPSA) is 63.6 Å². The Morgan fingerprint density at radius 2 is 1.86 bits per heavy atom. The molecule has 0 aliphatic carbocycles. The number of nitrogens with one attached hydrogen (secondary N) is 1. The number of aromatic nitrogens is 1. The van der Waals surface area contributed by atoms with E-state index in [0.29, 0.717) is 17.0 Å². The molecule has 142 valence electrons. The lowest BCUT2D eigenvalue weighted by Crippen LogP contribution is -2.11. The molecule has 0 amide bonds. The van der Waals surface area contributed by atoms with Gasteiger partial charge in [-0.1, -0.05) is 24.3 Å². The van der Waals surface area contributed by atoms with Gasteiger partial charge in [0.25, 0.3) is 0 Å². The first kappa shape index (κ1) is 18.1. The summed E-state index contributed by atoms with van der Waals surface area (Å²) in [7, 11) is 3.22. The zero-order valence-electron chi connectivity index (χ0n) is 15.5. The van der Waals surface area contributed by atoms with Gasteiger partial charge in [-0.25, -0.2) is 0 Å². The number of methoxy groups -OCH3 is 2. The second-order valence-corrected chi connectivity index (χ2v) is 7.22. The lowest BCUT2D eigenvalue weighted by molar-refractivity contribution is 0.355. The standard InChI is InChI=1S/C22H20N2O3S/c1-26-17-10-8-15(13-18(17)27-2)24-21(19-6-4-12-28-19)16-9-7-14-5-3-11-23-20(14)22(16)25/h3-13,21,24-25H,1-2H3. The highest BCUT2D eigenvalue weighted by molar-refractivity contribution is 7.10. The number of thiophene rings is 1. The third-order valence-electron chi connectivity index (χ3n) is 4.61. The number of pyridine rings is 1. The molecule has 2 heterocycles. The van der Waals surface area contributed by atoms with Crippen molar-refractivity contribution in [3.8, 4) is 17.2 Å². The van der Waals surface area contributed by atoms with Gasteiger partial charge in [0.2, 0.25) is 0 Å². The Labute approximate surface area is 167 Å². The highest BCUT2D eigenvalue weighted by Crippen LogP contribution is 2.39. The number of aromatic hydroxyl groups is 1. The van der Waals surface area contributed by atoms with Crippen molar-refractivity contribution in [2.75, 3.05) is 19.5 Å². The maximum absolute atomic E-state index is 10.9. The van der Waals surface area contributed by atoms with Crippen LogP contribution in [0.15, 0.2) is 66.2 Å². The Hall–Kier alpha value is -3.25. The Morgan fingerprint density at radius 3 is 2.61 bits per heavy atom. The van der Waals surface area contributed by atoms with Crippen LogP contribution < -0.4 is 14.8 Å². The summed E-state index contributed by atoms with van der Waals surface area (Å²) in [5.41, 5.74) is 2.22. The summed E-state index contributed by atoms with van der Waals surface area (Å²) in [6.07, 6.45) is 1.69. The van der Waals surface area contributed by atoms with Crippen molar-refractivity contribution in [1.29, 1.82) is 0 Å². The minimum atomic E-state index is -0.232. The molecule has 0 spiro atoms. The van der Waals surface area contributed by atoms with Gasteiger partial charge in [-0.15, -0.1) is 11.3 Å². The maximum Gasteiger partial charge on any atom is 0.162 e. The van der Waals surface area contributed by atoms with Gasteiger partial charge in [-0.3, -0.25) is 4.98 Å². The Bertz CT molecular complexity index is 1100. The summed E-state index contributed by atoms with van der Waals surface area (Å²) in [6, 6.07) is 17.2. The van der Waals surface area contributed by atoms with E-state index in [0.717, 1.165) is 21.5 Å². The lowest BCUT2D eigenvalue weighted by atomic mass is 10.0. The average Bonchev–Trinajstić information content (AvgIpc) is 3.27. The first-order valence-corrected chi connectivity index (χ1v) is 9.68. The predicted octanol–water partition coefficient (Wildman–Crippen LogP) is 5.22. The molecule has 1 atom stereocenters. The van der Waals surface area contributed by atoms with E-state index in [1.165, 1.54) is 0 Å². The quantitative estimate of drug-likeness (QED) is 0.471. The van der Waals surface area contributed by atoms with Crippen molar-refractivity contribution in [1.82, 2.24) is 4.98 Å². The summed E-state index contributed by atoms with van der Waals surface area (Å²) in [4.78, 5) is 5.43. The van der Waals surface area contributed by atoms with Crippen LogP contribution in [-0.2, 0) is 0 Å². The van der Waals surface area contributed by atoms with Gasteiger partial charge in [-0.05, 0) is 29.6 Å². The summed E-state index contributed by atoms with van der Waals surface area (Å²) < 4.78 is 10.7. The zero-order valence-corrected chi connectivity index (χ0v) is 16.4. The average molecular weight is 392 g/mol. The molecule has 2 N–H and O–H groups in total. The molecule has 6 heteroatoms. The number of benzene rings is 2. The summed E-state index contributed by atoms with van der Waals surface area (Å²) >= 11 is 1.63. The molecule has 0 saturated heterocycles. The summed E-state index contributed by atoms with van der Waals surface area (Å²) in [5.74, 6) is 1.49. The minimum Gasteiger partial charge on any atom is -0.505 e. The minimum absolute atomic E-state index is 0.185. The molecule has 4 aromatic rings. The van der Waals surface area contributed by atoms with E-state index in [1.807, 2.05) is 60.0 Å². The fraction of sp³-hybridized carbons (Fsp3) is 0.136. The van der Waals surface area contributed by atoms with E-state index >= 15 is 0 Å². The first-order valence-electron chi connectivity index (χ1n) is 8.80. The van der Waals surface area contributed by atoms with Gasteiger partial charge < -0.3 is 19.9 Å². The van der Waals surface area contributed by atoms with Gasteiger partial charge in [-0.2, -0.15) is 0 Å². The van der Waals surface area contributed by atoms with Gasteiger partial charge in [0.05, 0.1) is 20.3 Å². The van der Waals surface area contributed by atoms with Gasteiger partial charge in [0.1, 0.15) is 11.3 Å². The third kappa shape index (κ3) is 3.34. The molecule has 1 unspecified atom stereocenters. The van der Waals surface area contributed by atoms with Crippen LogP contribution in [0.1, 0.15) is 16.5 Å². The van der Waals surface area contributed by atoms with Crippen LogP contribution in [0.4, 0.5) is 5.69 Å². The van der Waals surface area contributed by atoms with Crippen LogP contribution in [0, 0.1) is 0 Å². The normalized spacial score (nSPS) is 11.9. The second-order valence-electron chi connectivity index (χ2n) is 6.24. The van der Waals surface area contributed by atoms with Crippen molar-refractivity contribution >= 4 is 27.9 Å². The number of phenolic OH excluding ortho intramolecular Hbond substituents is 1. The Morgan fingerprint density at radius 1 is 1.00 bits per heavy atom. The van der Waals surface area contributed by atoms with Crippen LogP contribution in [0.5, 0.6) is 17.2 Å². The number of rotatable bonds is 6. The molecule has 0 saturated carbocycles. The highest BCUT2D eigenvalue weighted by Gasteiger charge is 2.21. The van der Waals surface area contributed by atoms with E-state index < -0.39 is 0 Å². The lowest BCUT2D eigenvalue weighted by Gasteiger charge is -2.21. The number of fused-ring (bicyclic) bond motifs is 1. The van der Waals surface area contributed by atoms with Crippen molar-refractivity contribution in [2.24, 2.45) is 0 Å². The number of hydrogen-bond donors (Lipinski definition) is 2. The number of anilines is 1. The van der Waals surface area contributed by atoms with Gasteiger partial charge in [0.15, 0.2) is 11.5 Å². The van der Waals surface area contributed by atoms with Crippen LogP contribution in [0.2, 0.25) is 0 Å². The van der Waals surface area contributed by atoms with Crippen molar-refractivity contribution in [2.45, 2.75) is 6.04 Å². The molecule has 28 heavy (non-hydrogen) atoms. The van der Waals surface area contributed by atoms with E-state index in [9.17, 15) is 5.11 Å². The summed E-state index contributed by atoms with van der Waals surface area (Å²) in [5, 5.41) is 17.4. The number of nitrogens with zero attached hydrogens (tertiary/aromatic N) is 1. The van der Waals surface area contributed by atoms with Crippen LogP contribution >= 0.6 is 11.3 Å².